The van der Waals surface area contributed by atoms with Crippen molar-refractivity contribution in [3.8, 4) is 6.07 Å². The second kappa shape index (κ2) is 9.90. The number of hydrogen-bond acceptors (Lipinski definition) is 5. The summed E-state index contributed by atoms with van der Waals surface area (Å²) in [5, 5.41) is 13.3. The number of benzene rings is 1. The summed E-state index contributed by atoms with van der Waals surface area (Å²) in [5.74, 6) is -0.192. The van der Waals surface area contributed by atoms with Crippen LogP contribution in [-0.2, 0) is 20.9 Å². The highest BCUT2D eigenvalue weighted by atomic mass is 16.5. The van der Waals surface area contributed by atoms with Crippen LogP contribution in [0.1, 0.15) is 99.0 Å². The molecule has 1 aromatic rings. The van der Waals surface area contributed by atoms with E-state index < -0.39 is 22.5 Å². The number of alkyl carbamates (subject to hydrolysis) is 1. The van der Waals surface area contributed by atoms with E-state index in [2.05, 4.69) is 46.0 Å². The van der Waals surface area contributed by atoms with E-state index in [1.807, 2.05) is 56.3 Å². The number of carbonyl (C=O) groups is 3. The van der Waals surface area contributed by atoms with Crippen LogP contribution in [0, 0.1) is 56.2 Å². The number of allylic oxidation sites excluding steroid dienone is 4. The minimum Gasteiger partial charge on any atom is -0.445 e. The number of hydrogen-bond donors (Lipinski definition) is 1. The summed E-state index contributed by atoms with van der Waals surface area (Å²) in [6.45, 7) is 15.5. The Balaban J connectivity index is 1.39. The Morgan fingerprint density at radius 2 is 1.66 bits per heavy atom. The van der Waals surface area contributed by atoms with Crippen LogP contribution in [0.5, 0.6) is 0 Å². The first-order valence-corrected chi connectivity index (χ1v) is 16.5. The topological polar surface area (TPSA) is 96.3 Å². The molecule has 1 amide bonds. The van der Waals surface area contributed by atoms with Crippen LogP contribution >= 0.6 is 0 Å². The second-order valence-corrected chi connectivity index (χ2v) is 16.6. The van der Waals surface area contributed by atoms with Crippen molar-refractivity contribution >= 4 is 17.7 Å². The summed E-state index contributed by atoms with van der Waals surface area (Å²) in [5.41, 5.74) is -0.0536. The third-order valence-corrected chi connectivity index (χ3v) is 13.4. The van der Waals surface area contributed by atoms with Crippen LogP contribution in [0.3, 0.4) is 0 Å². The van der Waals surface area contributed by atoms with E-state index >= 15 is 0 Å². The standard InChI is InChI=1S/C38H48N2O4/c1-33(2)15-17-38(40-32(43)44-23-24-11-9-8-10-12-24)18-16-37(7)30(26(38)21-33)27(41)19-29-35(5)20-25(22-39)31(42)34(3,4)28(35)13-14-36(29,37)6/h8-12,19-20,26,28,30H,13-18,21,23H2,1-7H3,(H,40,43)/t26-,28-,30-,35-,36+,37+,38-/m0/s1. The predicted molar refractivity (Wildman–Crippen MR) is 169 cm³/mol. The van der Waals surface area contributed by atoms with Crippen LogP contribution in [-0.4, -0.2) is 23.2 Å². The molecule has 44 heavy (non-hydrogen) atoms. The summed E-state index contributed by atoms with van der Waals surface area (Å²) in [4.78, 5) is 41.3. The lowest BCUT2D eigenvalue weighted by Gasteiger charge is -2.69. The molecule has 5 aliphatic carbocycles. The van der Waals surface area contributed by atoms with E-state index in [9.17, 15) is 19.6 Å². The third kappa shape index (κ3) is 4.28. The molecule has 3 saturated carbocycles. The van der Waals surface area contributed by atoms with Gasteiger partial charge in [0.1, 0.15) is 12.7 Å². The number of nitrogens with zero attached hydrogens (tertiary/aromatic N) is 1. The third-order valence-electron chi connectivity index (χ3n) is 13.4. The molecule has 0 heterocycles. The molecule has 0 radical (unpaired) electrons. The molecule has 3 fully saturated rings. The molecule has 6 heteroatoms. The monoisotopic (exact) mass is 596 g/mol. The molecule has 0 spiro atoms. The van der Waals surface area contributed by atoms with E-state index in [1.54, 1.807) is 0 Å². The van der Waals surface area contributed by atoms with Crippen molar-refractivity contribution in [2.24, 2.45) is 44.8 Å². The Morgan fingerprint density at radius 3 is 2.34 bits per heavy atom. The molecule has 0 aromatic heterocycles. The molecule has 6 rings (SSSR count). The molecule has 6 nitrogen and oxygen atoms in total. The summed E-state index contributed by atoms with van der Waals surface area (Å²) >= 11 is 0. The van der Waals surface area contributed by atoms with Gasteiger partial charge in [0.05, 0.1) is 5.57 Å². The number of rotatable bonds is 3. The van der Waals surface area contributed by atoms with Gasteiger partial charge < -0.3 is 10.1 Å². The molecule has 234 valence electrons. The van der Waals surface area contributed by atoms with E-state index in [1.165, 1.54) is 0 Å². The van der Waals surface area contributed by atoms with Gasteiger partial charge in [-0.3, -0.25) is 9.59 Å². The largest absolute Gasteiger partial charge is 0.445 e. The molecule has 5 aliphatic rings. The summed E-state index contributed by atoms with van der Waals surface area (Å²) in [6.07, 6.45) is 9.41. The SMILES string of the molecule is CC1(C)CC[C@]2(NC(=O)OCc3ccccc3)CC[C@]3(C)[C@H](C(=O)C=C4[C@@]5(C)C=C(C#N)C(=O)C(C)(C)[C@@H]5CC[C@]43C)[C@@H]2C1. The fourth-order valence-corrected chi connectivity index (χ4v) is 10.8. The van der Waals surface area contributed by atoms with Crippen LogP contribution < -0.4 is 5.32 Å². The average Bonchev–Trinajstić information content (AvgIpc) is 2.96. The number of ketones is 2. The highest BCUT2D eigenvalue weighted by Crippen LogP contribution is 2.73. The van der Waals surface area contributed by atoms with Crippen molar-refractivity contribution in [2.75, 3.05) is 0 Å². The molecule has 1 aromatic carbocycles. The van der Waals surface area contributed by atoms with E-state index in [0.29, 0.717) is 0 Å². The Labute approximate surface area is 262 Å². The number of amides is 1. The van der Waals surface area contributed by atoms with Gasteiger partial charge in [0, 0.05) is 22.3 Å². The number of carbonyl (C=O) groups excluding carboxylic acids is 3. The molecular formula is C38H48N2O4. The minimum atomic E-state index is -0.684. The predicted octanol–water partition coefficient (Wildman–Crippen LogP) is 7.88. The van der Waals surface area contributed by atoms with E-state index in [-0.39, 0.29) is 57.7 Å². The highest BCUT2D eigenvalue weighted by molar-refractivity contribution is 6.04. The molecular weight excluding hydrogens is 548 g/mol. The first kappa shape index (κ1) is 30.8. The van der Waals surface area contributed by atoms with Crippen LogP contribution in [0.25, 0.3) is 0 Å². The van der Waals surface area contributed by atoms with E-state index in [4.69, 9.17) is 4.74 Å². The lowest BCUT2D eigenvalue weighted by atomic mass is 9.35. The fraction of sp³-hybridized carbons (Fsp3) is 0.632. The number of fused-ring (bicyclic) bond motifs is 7. The zero-order valence-corrected chi connectivity index (χ0v) is 27.5. The van der Waals surface area contributed by atoms with Gasteiger partial charge >= 0.3 is 6.09 Å². The van der Waals surface area contributed by atoms with Crippen LogP contribution in [0.2, 0.25) is 0 Å². The van der Waals surface area contributed by atoms with Crippen molar-refractivity contribution in [3.05, 3.63) is 59.2 Å². The average molecular weight is 597 g/mol. The summed E-state index contributed by atoms with van der Waals surface area (Å²) in [6, 6.07) is 11.9. The number of nitrogens with one attached hydrogen (secondary N) is 1. The van der Waals surface area contributed by atoms with Crippen molar-refractivity contribution in [1.29, 1.82) is 5.26 Å². The maximum atomic E-state index is 14.7. The van der Waals surface area contributed by atoms with Crippen LogP contribution in [0.15, 0.2) is 53.6 Å². The number of Topliss-reactive ketones (excluding diaryl/α,β-unsaturated/α-hetero) is 1. The summed E-state index contributed by atoms with van der Waals surface area (Å²) in [7, 11) is 0. The van der Waals surface area contributed by atoms with Gasteiger partial charge in [-0.2, -0.15) is 5.26 Å². The zero-order valence-electron chi connectivity index (χ0n) is 27.5. The van der Waals surface area contributed by atoms with Crippen LogP contribution in [0.4, 0.5) is 4.79 Å². The smallest absolute Gasteiger partial charge is 0.407 e. The number of nitriles is 1. The van der Waals surface area contributed by atoms with Gasteiger partial charge in [0.15, 0.2) is 11.6 Å². The van der Waals surface area contributed by atoms with Gasteiger partial charge in [0.25, 0.3) is 0 Å². The maximum Gasteiger partial charge on any atom is 0.407 e. The molecule has 1 N–H and O–H groups in total. The zero-order chi connectivity index (χ0) is 31.9. The molecule has 0 saturated heterocycles. The molecule has 0 unspecified atom stereocenters. The molecule has 7 atom stereocenters. The first-order chi connectivity index (χ1) is 20.5. The minimum absolute atomic E-state index is 0.0171. The fourth-order valence-electron chi connectivity index (χ4n) is 10.8. The Morgan fingerprint density at radius 1 is 0.977 bits per heavy atom. The van der Waals surface area contributed by atoms with Crippen molar-refractivity contribution in [2.45, 2.75) is 106 Å². The quantitative estimate of drug-likeness (QED) is 0.383. The van der Waals surface area contributed by atoms with Gasteiger partial charge in [-0.15, -0.1) is 0 Å². The Hall–Kier alpha value is -3.20. The highest BCUT2D eigenvalue weighted by Gasteiger charge is 2.70. The maximum absolute atomic E-state index is 14.7. The van der Waals surface area contributed by atoms with Crippen molar-refractivity contribution < 1.29 is 19.1 Å². The Kier molecular flexibility index (Phi) is 6.93. The first-order valence-electron chi connectivity index (χ1n) is 16.5. The molecule has 0 aliphatic heterocycles. The Bertz CT molecular complexity index is 1510. The normalized spacial score (nSPS) is 40.1. The lowest BCUT2D eigenvalue weighted by molar-refractivity contribution is -0.161. The molecule has 0 bridgehead atoms. The lowest BCUT2D eigenvalue weighted by Crippen LogP contribution is -2.69. The van der Waals surface area contributed by atoms with Gasteiger partial charge in [0.2, 0.25) is 0 Å². The van der Waals surface area contributed by atoms with Crippen molar-refractivity contribution in [3.63, 3.8) is 0 Å². The summed E-state index contributed by atoms with van der Waals surface area (Å²) < 4.78 is 5.73. The van der Waals surface area contributed by atoms with E-state index in [0.717, 1.165) is 56.1 Å². The van der Waals surface area contributed by atoms with Gasteiger partial charge in [-0.05, 0) is 84.7 Å². The second-order valence-electron chi connectivity index (χ2n) is 16.6. The van der Waals surface area contributed by atoms with Crippen molar-refractivity contribution in [1.82, 2.24) is 5.32 Å². The number of ether oxygens (including phenoxy) is 1. The van der Waals surface area contributed by atoms with Gasteiger partial charge in [-0.25, -0.2) is 4.79 Å². The van der Waals surface area contributed by atoms with Gasteiger partial charge in [-0.1, -0.05) is 90.4 Å².